The number of carbonyl (C=O) groups excluding carboxylic acids is 2. The monoisotopic (exact) mass is 601 g/mol. The topological polar surface area (TPSA) is 194 Å². The number of carboxylic acids is 1. The summed E-state index contributed by atoms with van der Waals surface area (Å²) in [6, 6.07) is 0.972. The predicted molar refractivity (Wildman–Crippen MR) is 145 cm³/mol. The number of aromatic nitrogens is 2. The van der Waals surface area contributed by atoms with E-state index in [1.807, 2.05) is 6.07 Å². The fourth-order valence-electron chi connectivity index (χ4n) is 3.63. The zero-order chi connectivity index (χ0) is 26.7. The summed E-state index contributed by atoms with van der Waals surface area (Å²) in [5, 5.41) is 14.6. The van der Waals surface area contributed by atoms with Gasteiger partial charge in [0.25, 0.3) is 11.8 Å². The van der Waals surface area contributed by atoms with Crippen molar-refractivity contribution in [2.45, 2.75) is 28.1 Å². The molecule has 0 spiro atoms. The molecule has 196 valence electrons. The molecule has 0 saturated carbocycles. The summed E-state index contributed by atoms with van der Waals surface area (Å²) in [5.74, 6) is -1.08. The lowest BCUT2D eigenvalue weighted by Crippen LogP contribution is -2.70. The van der Waals surface area contributed by atoms with Gasteiger partial charge in [-0.3, -0.25) is 19.5 Å². The highest BCUT2D eigenvalue weighted by Crippen LogP contribution is 2.46. The van der Waals surface area contributed by atoms with Gasteiger partial charge in [0.1, 0.15) is 27.1 Å². The number of fused-ring (bicyclic) bond motifs is 1. The van der Waals surface area contributed by atoms with E-state index in [1.54, 1.807) is 24.0 Å². The van der Waals surface area contributed by atoms with Crippen LogP contribution in [0.4, 0.5) is 5.13 Å². The summed E-state index contributed by atoms with van der Waals surface area (Å²) in [4.78, 5) is 60.1. The van der Waals surface area contributed by atoms with E-state index in [1.165, 1.54) is 23.5 Å². The highest BCUT2D eigenvalue weighted by Gasteiger charge is 2.55. The lowest BCUT2D eigenvalue weighted by Gasteiger charge is -2.49. The second kappa shape index (κ2) is 12.0. The van der Waals surface area contributed by atoms with Crippen molar-refractivity contribution in [1.82, 2.24) is 20.2 Å². The Labute approximate surface area is 232 Å². The molecule has 2 aliphatic heterocycles. The number of aliphatic carboxylic acids is 1. The first-order valence-corrected chi connectivity index (χ1v) is 14.8. The van der Waals surface area contributed by atoms with Gasteiger partial charge in [0.05, 0.1) is 5.69 Å². The molecule has 2 aliphatic rings. The second-order valence-corrected chi connectivity index (χ2v) is 12.6. The number of amides is 2. The summed E-state index contributed by atoms with van der Waals surface area (Å²) < 4.78 is 0.0415. The van der Waals surface area contributed by atoms with E-state index in [2.05, 4.69) is 20.5 Å². The molecule has 0 aromatic carbocycles. The molecular weight excluding hydrogens is 582 g/mol. The van der Waals surface area contributed by atoms with Gasteiger partial charge in [-0.1, -0.05) is 34.7 Å². The number of nitroso groups, excluding NO2 is 1. The SMILES string of the molecule is NCCSCc1ncccc1SC1=C(C(=O)O)N2C(=O)[C@@H](NC(=O)C(N=O)c3nc(N)sc3Cl)[C@@H]2SC1. The lowest BCUT2D eigenvalue weighted by atomic mass is 10.0. The van der Waals surface area contributed by atoms with Crippen LogP contribution >= 0.6 is 58.2 Å². The maximum Gasteiger partial charge on any atom is 0.353 e. The fraction of sp³-hybridized carbons (Fsp3) is 0.350. The molecule has 0 bridgehead atoms. The van der Waals surface area contributed by atoms with Crippen LogP contribution in [-0.4, -0.2) is 67.2 Å². The number of anilines is 1. The molecule has 17 heteroatoms. The van der Waals surface area contributed by atoms with Gasteiger partial charge in [-0.2, -0.15) is 11.8 Å². The molecule has 6 N–H and O–H groups in total. The normalized spacial score (nSPS) is 19.7. The van der Waals surface area contributed by atoms with E-state index >= 15 is 0 Å². The minimum absolute atomic E-state index is 0.0415. The number of halogens is 1. The summed E-state index contributed by atoms with van der Waals surface area (Å²) in [5.41, 5.74) is 11.7. The van der Waals surface area contributed by atoms with Gasteiger partial charge in [0.15, 0.2) is 5.13 Å². The first-order chi connectivity index (χ1) is 17.8. The number of nitrogens with zero attached hydrogens (tertiary/aromatic N) is 4. The van der Waals surface area contributed by atoms with Crippen molar-refractivity contribution in [3.63, 3.8) is 0 Å². The van der Waals surface area contributed by atoms with Crippen molar-refractivity contribution in [3.8, 4) is 0 Å². The molecular formula is C20H20ClN7O5S4. The highest BCUT2D eigenvalue weighted by atomic mass is 35.5. The van der Waals surface area contributed by atoms with Crippen molar-refractivity contribution in [3.05, 3.63) is 49.6 Å². The van der Waals surface area contributed by atoms with Crippen LogP contribution in [0.5, 0.6) is 0 Å². The second-order valence-electron chi connectivity index (χ2n) is 7.58. The van der Waals surface area contributed by atoms with Gasteiger partial charge in [0.2, 0.25) is 6.04 Å². The summed E-state index contributed by atoms with van der Waals surface area (Å²) >= 11 is 11.1. The molecule has 12 nitrogen and oxygen atoms in total. The van der Waals surface area contributed by atoms with Crippen LogP contribution < -0.4 is 16.8 Å². The smallest absolute Gasteiger partial charge is 0.353 e. The largest absolute Gasteiger partial charge is 0.477 e. The molecule has 0 aliphatic carbocycles. The van der Waals surface area contributed by atoms with E-state index in [9.17, 15) is 24.4 Å². The quantitative estimate of drug-likeness (QED) is 0.167. The fourth-order valence-corrected chi connectivity index (χ4v) is 8.00. The molecule has 2 aromatic rings. The molecule has 2 amide bonds. The average molecular weight is 602 g/mol. The number of nitrogens with two attached hydrogens (primary N) is 2. The Morgan fingerprint density at radius 3 is 2.86 bits per heavy atom. The van der Waals surface area contributed by atoms with Crippen molar-refractivity contribution in [2.75, 3.05) is 23.8 Å². The maximum atomic E-state index is 13.0. The lowest BCUT2D eigenvalue weighted by molar-refractivity contribution is -0.150. The van der Waals surface area contributed by atoms with Gasteiger partial charge < -0.3 is 21.9 Å². The van der Waals surface area contributed by atoms with Crippen molar-refractivity contribution in [2.24, 2.45) is 10.9 Å². The van der Waals surface area contributed by atoms with Crippen LogP contribution in [-0.2, 0) is 20.1 Å². The number of thiazole rings is 1. The number of thioether (sulfide) groups is 3. The van der Waals surface area contributed by atoms with Gasteiger partial charge in [-0.25, -0.2) is 9.78 Å². The highest BCUT2D eigenvalue weighted by molar-refractivity contribution is 8.06. The zero-order valence-corrected chi connectivity index (χ0v) is 22.8. The number of hydrogen-bond donors (Lipinski definition) is 4. The van der Waals surface area contributed by atoms with Gasteiger partial charge >= 0.3 is 5.97 Å². The molecule has 1 unspecified atom stereocenters. The Balaban J connectivity index is 1.52. The molecule has 1 saturated heterocycles. The Morgan fingerprint density at radius 1 is 1.43 bits per heavy atom. The maximum absolute atomic E-state index is 13.0. The van der Waals surface area contributed by atoms with Crippen molar-refractivity contribution < 1.29 is 19.5 Å². The number of carbonyl (C=O) groups is 3. The average Bonchev–Trinajstić information content (AvgIpc) is 3.20. The van der Waals surface area contributed by atoms with Crippen LogP contribution in [0.25, 0.3) is 0 Å². The minimum atomic E-state index is -1.60. The number of pyridine rings is 1. The Morgan fingerprint density at radius 2 is 2.22 bits per heavy atom. The predicted octanol–water partition coefficient (Wildman–Crippen LogP) is 2.26. The molecule has 1 fully saturated rings. The van der Waals surface area contributed by atoms with E-state index in [4.69, 9.17) is 23.1 Å². The molecule has 2 aromatic heterocycles. The van der Waals surface area contributed by atoms with Crippen LogP contribution in [0.15, 0.2) is 39.0 Å². The van der Waals surface area contributed by atoms with E-state index in [-0.39, 0.29) is 20.9 Å². The van der Waals surface area contributed by atoms with Crippen molar-refractivity contribution >= 4 is 81.1 Å². The minimum Gasteiger partial charge on any atom is -0.477 e. The molecule has 4 heterocycles. The van der Waals surface area contributed by atoms with E-state index in [0.717, 1.165) is 32.6 Å². The zero-order valence-electron chi connectivity index (χ0n) is 18.8. The number of carboxylic acid groups (broad SMARTS) is 1. The van der Waals surface area contributed by atoms with Crippen LogP contribution in [0.2, 0.25) is 4.34 Å². The van der Waals surface area contributed by atoms with E-state index < -0.39 is 35.2 Å². The Bertz CT molecular complexity index is 1280. The van der Waals surface area contributed by atoms with Crippen LogP contribution in [0, 0.1) is 4.91 Å². The number of hydrogen-bond acceptors (Lipinski definition) is 13. The molecule has 3 atom stereocenters. The molecule has 0 radical (unpaired) electrons. The summed E-state index contributed by atoms with van der Waals surface area (Å²) in [7, 11) is 0. The third kappa shape index (κ3) is 5.73. The number of rotatable bonds is 11. The van der Waals surface area contributed by atoms with Crippen LogP contribution in [0.1, 0.15) is 17.4 Å². The Hall–Kier alpha value is -2.37. The number of β-lactam (4-membered cyclic amide) rings is 1. The third-order valence-corrected chi connectivity index (χ3v) is 10.0. The Kier molecular flexibility index (Phi) is 8.97. The number of nitrogens with one attached hydrogen (secondary N) is 1. The molecule has 4 rings (SSSR count). The van der Waals surface area contributed by atoms with Crippen LogP contribution in [0.3, 0.4) is 0 Å². The summed E-state index contributed by atoms with van der Waals surface area (Å²) in [6.07, 6.45) is 1.67. The first-order valence-electron chi connectivity index (χ1n) is 10.6. The number of nitrogen functional groups attached to an aromatic ring is 1. The third-order valence-electron chi connectivity index (χ3n) is 5.26. The van der Waals surface area contributed by atoms with Crippen molar-refractivity contribution in [1.29, 1.82) is 0 Å². The van der Waals surface area contributed by atoms with Gasteiger partial charge in [0, 0.05) is 39.8 Å². The van der Waals surface area contributed by atoms with Gasteiger partial charge in [-0.05, 0) is 17.3 Å². The first kappa shape index (κ1) is 27.7. The summed E-state index contributed by atoms with van der Waals surface area (Å²) in [6.45, 7) is 0.537. The molecule has 37 heavy (non-hydrogen) atoms. The standard InChI is InChI=1S/C20H20ClN7O5S4/c21-15-11(26-20(23)37-15)12(27-33)16(29)25-13-17(30)28-14(19(31)32)10(7-35-18(13)28)36-9-2-1-4-24-8(9)6-34-5-3-22/h1-2,4,12-13,18H,3,5-7,22H2,(H2,23,26)(H,25,29)(H,31,32)/t12?,13-,18+/m1/s1. The van der Waals surface area contributed by atoms with Gasteiger partial charge in [-0.15, -0.1) is 16.7 Å². The van der Waals surface area contributed by atoms with E-state index in [0.29, 0.717) is 23.0 Å².